The van der Waals surface area contributed by atoms with Crippen molar-refractivity contribution in [1.29, 1.82) is 0 Å². The SMILES string of the molecule is COc1ccc(Br)cc1NC(=O)NCC1CN(CC(C)C)CCO1. The zero-order chi connectivity index (χ0) is 17.5. The van der Waals surface area contributed by atoms with Crippen LogP contribution in [-0.2, 0) is 4.74 Å². The molecule has 0 radical (unpaired) electrons. The molecule has 1 saturated heterocycles. The predicted octanol–water partition coefficient (Wildman–Crippen LogP) is 2.94. The Kier molecular flexibility index (Phi) is 7.33. The van der Waals surface area contributed by atoms with Gasteiger partial charge in [0.2, 0.25) is 0 Å². The van der Waals surface area contributed by atoms with Crippen molar-refractivity contribution in [3.05, 3.63) is 22.7 Å². The van der Waals surface area contributed by atoms with Gasteiger partial charge in [-0.2, -0.15) is 0 Å². The average Bonchev–Trinajstić information content (AvgIpc) is 2.53. The Labute approximate surface area is 152 Å². The number of amides is 2. The molecule has 1 heterocycles. The van der Waals surface area contributed by atoms with Crippen LogP contribution in [0.15, 0.2) is 22.7 Å². The first kappa shape index (κ1) is 19.0. The molecule has 1 atom stereocenters. The lowest BCUT2D eigenvalue weighted by Gasteiger charge is -2.33. The molecule has 0 aliphatic carbocycles. The van der Waals surface area contributed by atoms with Crippen LogP contribution in [0.2, 0.25) is 0 Å². The van der Waals surface area contributed by atoms with E-state index < -0.39 is 0 Å². The zero-order valence-corrected chi connectivity index (χ0v) is 16.1. The summed E-state index contributed by atoms with van der Waals surface area (Å²) in [6.07, 6.45) is 0.0210. The maximum Gasteiger partial charge on any atom is 0.319 e. The molecule has 24 heavy (non-hydrogen) atoms. The number of urea groups is 1. The van der Waals surface area contributed by atoms with E-state index in [1.807, 2.05) is 6.07 Å². The molecular weight excluding hydrogens is 374 g/mol. The van der Waals surface area contributed by atoms with Gasteiger partial charge in [-0.05, 0) is 24.1 Å². The van der Waals surface area contributed by atoms with Crippen LogP contribution < -0.4 is 15.4 Å². The fourth-order valence-electron chi connectivity index (χ4n) is 2.74. The molecule has 2 amide bonds. The van der Waals surface area contributed by atoms with Crippen molar-refractivity contribution < 1.29 is 14.3 Å². The van der Waals surface area contributed by atoms with Gasteiger partial charge in [-0.1, -0.05) is 29.8 Å². The topological polar surface area (TPSA) is 62.8 Å². The second-order valence-corrected chi connectivity index (χ2v) is 7.24. The first-order valence-electron chi connectivity index (χ1n) is 8.20. The molecule has 1 aromatic rings. The van der Waals surface area contributed by atoms with Gasteiger partial charge in [0.25, 0.3) is 0 Å². The van der Waals surface area contributed by atoms with E-state index >= 15 is 0 Å². The number of anilines is 1. The largest absolute Gasteiger partial charge is 0.495 e. The summed E-state index contributed by atoms with van der Waals surface area (Å²) in [5, 5.41) is 5.68. The van der Waals surface area contributed by atoms with E-state index in [1.165, 1.54) is 0 Å². The Morgan fingerprint density at radius 1 is 1.50 bits per heavy atom. The minimum atomic E-state index is -0.268. The average molecular weight is 400 g/mol. The molecule has 1 aliphatic rings. The number of carbonyl (C=O) groups is 1. The molecule has 2 N–H and O–H groups in total. The highest BCUT2D eigenvalue weighted by Gasteiger charge is 2.21. The molecule has 0 spiro atoms. The summed E-state index contributed by atoms with van der Waals surface area (Å²) in [6, 6.07) is 5.20. The van der Waals surface area contributed by atoms with Crippen molar-refractivity contribution in [2.75, 3.05) is 45.2 Å². The summed E-state index contributed by atoms with van der Waals surface area (Å²) < 4.78 is 11.9. The molecule has 1 fully saturated rings. The van der Waals surface area contributed by atoms with Crippen LogP contribution in [0.25, 0.3) is 0 Å². The lowest BCUT2D eigenvalue weighted by atomic mass is 10.2. The van der Waals surface area contributed by atoms with Gasteiger partial charge >= 0.3 is 6.03 Å². The van der Waals surface area contributed by atoms with Crippen molar-refractivity contribution in [2.24, 2.45) is 5.92 Å². The molecule has 0 bridgehead atoms. The molecule has 2 rings (SSSR count). The van der Waals surface area contributed by atoms with E-state index in [4.69, 9.17) is 9.47 Å². The number of carbonyl (C=O) groups excluding carboxylic acids is 1. The van der Waals surface area contributed by atoms with Crippen LogP contribution in [0.4, 0.5) is 10.5 Å². The van der Waals surface area contributed by atoms with Crippen molar-refractivity contribution >= 4 is 27.6 Å². The van der Waals surface area contributed by atoms with Gasteiger partial charge in [-0.15, -0.1) is 0 Å². The Morgan fingerprint density at radius 3 is 3.00 bits per heavy atom. The fraction of sp³-hybridized carbons (Fsp3) is 0.588. The number of methoxy groups -OCH3 is 1. The molecular formula is C17H26BrN3O3. The number of hydrogen-bond donors (Lipinski definition) is 2. The highest BCUT2D eigenvalue weighted by Crippen LogP contribution is 2.27. The van der Waals surface area contributed by atoms with Crippen LogP contribution in [0, 0.1) is 5.92 Å². The lowest BCUT2D eigenvalue weighted by molar-refractivity contribution is -0.0288. The number of nitrogens with one attached hydrogen (secondary N) is 2. The first-order chi connectivity index (χ1) is 11.5. The Hall–Kier alpha value is -1.31. The van der Waals surface area contributed by atoms with Crippen LogP contribution in [0.3, 0.4) is 0 Å². The number of halogens is 1. The quantitative estimate of drug-likeness (QED) is 0.771. The Bertz CT molecular complexity index is 554. The smallest absolute Gasteiger partial charge is 0.319 e. The van der Waals surface area contributed by atoms with Crippen molar-refractivity contribution in [2.45, 2.75) is 20.0 Å². The minimum Gasteiger partial charge on any atom is -0.495 e. The highest BCUT2D eigenvalue weighted by molar-refractivity contribution is 9.10. The van der Waals surface area contributed by atoms with Crippen LogP contribution >= 0.6 is 15.9 Å². The maximum atomic E-state index is 12.1. The molecule has 1 aromatic carbocycles. The number of benzene rings is 1. The lowest BCUT2D eigenvalue weighted by Crippen LogP contribution is -2.48. The second-order valence-electron chi connectivity index (χ2n) is 6.33. The van der Waals surface area contributed by atoms with Gasteiger partial charge < -0.3 is 20.1 Å². The van der Waals surface area contributed by atoms with Crippen molar-refractivity contribution in [3.63, 3.8) is 0 Å². The summed E-state index contributed by atoms with van der Waals surface area (Å²) in [5.74, 6) is 1.24. The molecule has 0 aromatic heterocycles. The normalized spacial score (nSPS) is 18.5. The number of rotatable bonds is 6. The molecule has 1 aliphatic heterocycles. The summed E-state index contributed by atoms with van der Waals surface area (Å²) in [6.45, 7) is 8.47. The van der Waals surface area contributed by atoms with Gasteiger partial charge in [0.05, 0.1) is 25.5 Å². The standard InChI is InChI=1S/C17H26BrN3O3/c1-12(2)10-21-6-7-24-14(11-21)9-19-17(22)20-15-8-13(18)4-5-16(15)23-3/h4-5,8,12,14H,6-7,9-11H2,1-3H3,(H2,19,20,22). The monoisotopic (exact) mass is 399 g/mol. The van der Waals surface area contributed by atoms with Crippen LogP contribution in [0.1, 0.15) is 13.8 Å². The summed E-state index contributed by atoms with van der Waals surface area (Å²) >= 11 is 3.39. The molecule has 134 valence electrons. The van der Waals surface area contributed by atoms with Gasteiger partial charge in [-0.25, -0.2) is 4.79 Å². The third-order valence-corrected chi connectivity index (χ3v) is 4.24. The molecule has 7 heteroatoms. The molecule has 6 nitrogen and oxygen atoms in total. The number of morpholine rings is 1. The summed E-state index contributed by atoms with van der Waals surface area (Å²) in [5.41, 5.74) is 0.621. The summed E-state index contributed by atoms with van der Waals surface area (Å²) in [7, 11) is 1.57. The van der Waals surface area contributed by atoms with Crippen LogP contribution in [-0.4, -0.2) is 56.9 Å². The van der Waals surface area contributed by atoms with Crippen molar-refractivity contribution in [1.82, 2.24) is 10.2 Å². The van der Waals surface area contributed by atoms with E-state index in [0.29, 0.717) is 30.5 Å². The Morgan fingerprint density at radius 2 is 2.29 bits per heavy atom. The highest BCUT2D eigenvalue weighted by atomic mass is 79.9. The van der Waals surface area contributed by atoms with Gasteiger partial charge in [0.15, 0.2) is 0 Å². The second kappa shape index (κ2) is 9.25. The van der Waals surface area contributed by atoms with Crippen LogP contribution in [0.5, 0.6) is 5.75 Å². The van der Waals surface area contributed by atoms with E-state index in [-0.39, 0.29) is 12.1 Å². The van der Waals surface area contributed by atoms with E-state index in [9.17, 15) is 4.79 Å². The van der Waals surface area contributed by atoms with Gasteiger partial charge in [-0.3, -0.25) is 4.90 Å². The number of hydrogen-bond acceptors (Lipinski definition) is 4. The van der Waals surface area contributed by atoms with E-state index in [0.717, 1.165) is 24.1 Å². The number of nitrogens with zero attached hydrogens (tertiary/aromatic N) is 1. The van der Waals surface area contributed by atoms with E-state index in [2.05, 4.69) is 45.3 Å². The number of ether oxygens (including phenoxy) is 2. The first-order valence-corrected chi connectivity index (χ1v) is 8.99. The van der Waals surface area contributed by atoms with E-state index in [1.54, 1.807) is 19.2 Å². The maximum absolute atomic E-state index is 12.1. The van der Waals surface area contributed by atoms with Gasteiger partial charge in [0, 0.05) is 30.7 Å². The van der Waals surface area contributed by atoms with Gasteiger partial charge in [0.1, 0.15) is 5.75 Å². The minimum absolute atomic E-state index is 0.0210. The third kappa shape index (κ3) is 5.96. The summed E-state index contributed by atoms with van der Waals surface area (Å²) in [4.78, 5) is 14.5. The zero-order valence-electron chi connectivity index (χ0n) is 14.5. The molecule has 0 saturated carbocycles. The fourth-order valence-corrected chi connectivity index (χ4v) is 3.10. The van der Waals surface area contributed by atoms with Crippen molar-refractivity contribution in [3.8, 4) is 5.75 Å². The third-order valence-electron chi connectivity index (χ3n) is 3.75. The predicted molar refractivity (Wildman–Crippen MR) is 98.7 cm³/mol. The Balaban J connectivity index is 1.82. The molecule has 1 unspecified atom stereocenters.